The summed E-state index contributed by atoms with van der Waals surface area (Å²) in [5, 5.41) is 0. The predicted molar refractivity (Wildman–Crippen MR) is 120 cm³/mol. The first-order chi connectivity index (χ1) is 15.1. The summed E-state index contributed by atoms with van der Waals surface area (Å²) in [4.78, 5) is 30.3. The number of anilines is 1. The molecule has 2 heterocycles. The number of carbonyl (C=O) groups excluding carboxylic acids is 2. The van der Waals surface area contributed by atoms with Gasteiger partial charge in [-0.05, 0) is 63.4 Å². The van der Waals surface area contributed by atoms with Gasteiger partial charge in [-0.15, -0.1) is 0 Å². The summed E-state index contributed by atoms with van der Waals surface area (Å²) in [6, 6.07) is 13.4. The summed E-state index contributed by atoms with van der Waals surface area (Å²) < 4.78 is 11.3. The number of likely N-dealkylation sites (tertiary alicyclic amines) is 1. The van der Waals surface area contributed by atoms with Crippen molar-refractivity contribution in [3.8, 4) is 11.5 Å². The van der Waals surface area contributed by atoms with Crippen LogP contribution in [0.3, 0.4) is 0 Å². The van der Waals surface area contributed by atoms with E-state index in [9.17, 15) is 9.59 Å². The maximum Gasteiger partial charge on any atom is 0.253 e. The molecule has 2 amide bonds. The van der Waals surface area contributed by atoms with E-state index < -0.39 is 5.41 Å². The molecule has 0 atom stereocenters. The maximum atomic E-state index is 13.3. The van der Waals surface area contributed by atoms with E-state index in [0.29, 0.717) is 62.8 Å². The zero-order chi connectivity index (χ0) is 22.0. The van der Waals surface area contributed by atoms with Crippen LogP contribution in [0, 0.1) is 0 Å². The number of fused-ring (bicyclic) bond motifs is 2. The van der Waals surface area contributed by atoms with E-state index in [2.05, 4.69) is 6.07 Å². The third kappa shape index (κ3) is 3.54. The van der Waals surface area contributed by atoms with Gasteiger partial charge in [0, 0.05) is 30.9 Å². The highest BCUT2D eigenvalue weighted by molar-refractivity contribution is 6.08. The molecule has 2 aromatic rings. The minimum atomic E-state index is -0.515. The van der Waals surface area contributed by atoms with Crippen LogP contribution in [0.2, 0.25) is 0 Å². The molecule has 1 fully saturated rings. The molecule has 1 saturated heterocycles. The molecule has 0 bridgehead atoms. The van der Waals surface area contributed by atoms with Crippen LogP contribution < -0.4 is 14.4 Å². The third-order valence-electron chi connectivity index (χ3n) is 6.38. The Morgan fingerprint density at radius 3 is 2.32 bits per heavy atom. The Hall–Kier alpha value is -3.02. The van der Waals surface area contributed by atoms with Crippen LogP contribution >= 0.6 is 0 Å². The topological polar surface area (TPSA) is 59.1 Å². The highest BCUT2D eigenvalue weighted by Crippen LogP contribution is 2.47. The molecule has 0 N–H and O–H groups in total. The summed E-state index contributed by atoms with van der Waals surface area (Å²) in [6.07, 6.45) is 1.28. The Morgan fingerprint density at radius 1 is 0.968 bits per heavy atom. The number of rotatable bonds is 6. The van der Waals surface area contributed by atoms with Crippen molar-refractivity contribution in [2.45, 2.75) is 39.0 Å². The van der Waals surface area contributed by atoms with Crippen molar-refractivity contribution in [1.29, 1.82) is 0 Å². The smallest absolute Gasteiger partial charge is 0.253 e. The van der Waals surface area contributed by atoms with Gasteiger partial charge in [-0.25, -0.2) is 0 Å². The second kappa shape index (κ2) is 8.61. The maximum absolute atomic E-state index is 13.3. The van der Waals surface area contributed by atoms with E-state index in [4.69, 9.17) is 9.47 Å². The zero-order valence-corrected chi connectivity index (χ0v) is 18.5. The van der Waals surface area contributed by atoms with E-state index in [-0.39, 0.29) is 11.8 Å². The summed E-state index contributed by atoms with van der Waals surface area (Å²) in [5.74, 6) is 1.36. The van der Waals surface area contributed by atoms with E-state index >= 15 is 0 Å². The van der Waals surface area contributed by atoms with Crippen molar-refractivity contribution in [2.75, 3.05) is 37.7 Å². The molecular weight excluding hydrogens is 392 g/mol. The molecule has 31 heavy (non-hydrogen) atoms. The standard InChI is InChI=1S/C25H30N2O4/c1-4-27-20-10-8-7-9-19(20)25(24(27)29)13-15-26(16-14-25)23(28)18-11-12-21(30-5-2)22(17-18)31-6-3/h7-12,17H,4-6,13-16H2,1-3H3. The average Bonchev–Trinajstić information content (AvgIpc) is 3.03. The van der Waals surface area contributed by atoms with Crippen LogP contribution in [0.4, 0.5) is 5.69 Å². The van der Waals surface area contributed by atoms with Crippen molar-refractivity contribution >= 4 is 17.5 Å². The van der Waals surface area contributed by atoms with Crippen LogP contribution in [-0.4, -0.2) is 49.6 Å². The zero-order valence-electron chi connectivity index (χ0n) is 18.5. The lowest BCUT2D eigenvalue weighted by Crippen LogP contribution is -2.50. The van der Waals surface area contributed by atoms with Gasteiger partial charge in [0.2, 0.25) is 5.91 Å². The van der Waals surface area contributed by atoms with Gasteiger partial charge < -0.3 is 19.3 Å². The Kier molecular flexibility index (Phi) is 5.90. The number of para-hydroxylation sites is 1. The average molecular weight is 423 g/mol. The SMILES string of the molecule is CCOc1ccc(C(=O)N2CCC3(CC2)C(=O)N(CC)c2ccccc23)cc1OCC. The molecule has 2 aliphatic rings. The molecule has 1 spiro atoms. The quantitative estimate of drug-likeness (QED) is 0.705. The van der Waals surface area contributed by atoms with Gasteiger partial charge in [-0.1, -0.05) is 18.2 Å². The Labute approximate surface area is 183 Å². The first kappa shape index (κ1) is 21.2. The highest BCUT2D eigenvalue weighted by atomic mass is 16.5. The molecule has 0 aromatic heterocycles. The molecule has 4 rings (SSSR count). The van der Waals surface area contributed by atoms with Gasteiger partial charge in [-0.3, -0.25) is 9.59 Å². The molecular formula is C25H30N2O4. The molecule has 0 radical (unpaired) electrons. The normalized spacial score (nSPS) is 17.1. The van der Waals surface area contributed by atoms with Crippen LogP contribution in [-0.2, 0) is 10.2 Å². The first-order valence-corrected chi connectivity index (χ1v) is 11.2. The molecule has 0 saturated carbocycles. The van der Waals surface area contributed by atoms with Crippen LogP contribution in [0.25, 0.3) is 0 Å². The van der Waals surface area contributed by atoms with E-state index in [1.165, 1.54) is 0 Å². The Balaban J connectivity index is 1.54. The molecule has 164 valence electrons. The Bertz CT molecular complexity index is 979. The Morgan fingerprint density at radius 2 is 1.65 bits per heavy atom. The summed E-state index contributed by atoms with van der Waals surface area (Å²) in [6.45, 7) is 8.62. The largest absolute Gasteiger partial charge is 0.490 e. The molecule has 6 nitrogen and oxygen atoms in total. The number of nitrogens with zero attached hydrogens (tertiary/aromatic N) is 2. The highest BCUT2D eigenvalue weighted by Gasteiger charge is 2.51. The van der Waals surface area contributed by atoms with Crippen molar-refractivity contribution in [3.63, 3.8) is 0 Å². The minimum Gasteiger partial charge on any atom is -0.490 e. The van der Waals surface area contributed by atoms with E-state index in [0.717, 1.165) is 11.3 Å². The molecule has 0 aliphatic carbocycles. The molecule has 2 aliphatic heterocycles. The third-order valence-corrected chi connectivity index (χ3v) is 6.38. The van der Waals surface area contributed by atoms with Gasteiger partial charge in [0.25, 0.3) is 5.91 Å². The van der Waals surface area contributed by atoms with Gasteiger partial charge >= 0.3 is 0 Å². The number of amides is 2. The van der Waals surface area contributed by atoms with Gasteiger partial charge in [0.15, 0.2) is 11.5 Å². The van der Waals surface area contributed by atoms with Crippen molar-refractivity contribution in [3.05, 3.63) is 53.6 Å². The molecule has 6 heteroatoms. The lowest BCUT2D eigenvalue weighted by molar-refractivity contribution is -0.124. The number of piperidine rings is 1. The fourth-order valence-corrected chi connectivity index (χ4v) is 4.85. The second-order valence-corrected chi connectivity index (χ2v) is 7.97. The summed E-state index contributed by atoms with van der Waals surface area (Å²) in [7, 11) is 0. The monoisotopic (exact) mass is 422 g/mol. The van der Waals surface area contributed by atoms with Crippen LogP contribution in [0.1, 0.15) is 49.5 Å². The molecule has 0 unspecified atom stereocenters. The minimum absolute atomic E-state index is 0.0371. The van der Waals surface area contributed by atoms with Crippen molar-refractivity contribution < 1.29 is 19.1 Å². The number of hydrogen-bond acceptors (Lipinski definition) is 4. The lowest BCUT2D eigenvalue weighted by Gasteiger charge is -2.38. The van der Waals surface area contributed by atoms with Crippen LogP contribution in [0.15, 0.2) is 42.5 Å². The number of hydrogen-bond donors (Lipinski definition) is 0. The number of ether oxygens (including phenoxy) is 2. The van der Waals surface area contributed by atoms with E-state index in [1.54, 1.807) is 18.2 Å². The van der Waals surface area contributed by atoms with Crippen LogP contribution in [0.5, 0.6) is 11.5 Å². The predicted octanol–water partition coefficient (Wildman–Crippen LogP) is 4.02. The van der Waals surface area contributed by atoms with Crippen molar-refractivity contribution in [2.24, 2.45) is 0 Å². The second-order valence-electron chi connectivity index (χ2n) is 7.97. The summed E-state index contributed by atoms with van der Waals surface area (Å²) >= 11 is 0. The summed E-state index contributed by atoms with van der Waals surface area (Å²) in [5.41, 5.74) is 2.19. The number of likely N-dealkylation sites (N-methyl/N-ethyl adjacent to an activating group) is 1. The number of benzene rings is 2. The van der Waals surface area contributed by atoms with Crippen molar-refractivity contribution in [1.82, 2.24) is 4.90 Å². The molecule has 2 aromatic carbocycles. The first-order valence-electron chi connectivity index (χ1n) is 11.2. The fourth-order valence-electron chi connectivity index (χ4n) is 4.85. The lowest BCUT2D eigenvalue weighted by atomic mass is 9.73. The van der Waals surface area contributed by atoms with E-state index in [1.807, 2.05) is 48.8 Å². The van der Waals surface area contributed by atoms with Gasteiger partial charge in [0.05, 0.1) is 18.6 Å². The van der Waals surface area contributed by atoms with Gasteiger partial charge in [-0.2, -0.15) is 0 Å². The number of carbonyl (C=O) groups is 2. The van der Waals surface area contributed by atoms with Gasteiger partial charge in [0.1, 0.15) is 0 Å². The fraction of sp³-hybridized carbons (Fsp3) is 0.440.